The topological polar surface area (TPSA) is 53.9 Å². The Bertz CT molecular complexity index is 867. The van der Waals surface area contributed by atoms with E-state index in [2.05, 4.69) is 24.1 Å². The maximum Gasteiger partial charge on any atom is 0.227 e. The van der Waals surface area contributed by atoms with Gasteiger partial charge in [0.05, 0.1) is 5.56 Å². The number of ether oxygens (including phenoxy) is 1. The first-order valence-corrected chi connectivity index (χ1v) is 9.25. The Morgan fingerprint density at radius 3 is 2.65 bits per heavy atom. The van der Waals surface area contributed by atoms with E-state index in [1.54, 1.807) is 0 Å². The highest BCUT2D eigenvalue weighted by atomic mass is 16.5. The highest BCUT2D eigenvalue weighted by Crippen LogP contribution is 2.39. The van der Waals surface area contributed by atoms with Crippen LogP contribution in [0, 0.1) is 5.92 Å². The van der Waals surface area contributed by atoms with E-state index in [0.717, 1.165) is 60.2 Å². The van der Waals surface area contributed by atoms with Crippen molar-refractivity contribution in [1.82, 2.24) is 4.90 Å². The molecule has 0 unspecified atom stereocenters. The Kier molecular flexibility index (Phi) is 4.37. The van der Waals surface area contributed by atoms with Crippen molar-refractivity contribution in [2.75, 3.05) is 18.4 Å². The Morgan fingerprint density at radius 2 is 1.92 bits per heavy atom. The summed E-state index contributed by atoms with van der Waals surface area (Å²) in [6.45, 7) is 5.91. The van der Waals surface area contributed by atoms with Crippen molar-refractivity contribution < 1.29 is 9.53 Å². The Balaban J connectivity index is 1.78. The lowest BCUT2D eigenvalue weighted by Crippen LogP contribution is -2.31. The number of carbonyl (C=O) groups excluding carboxylic acids is 1. The normalized spacial score (nSPS) is 15.1. The number of nitrogens with one attached hydrogen (secondary N) is 1. The van der Waals surface area contributed by atoms with Gasteiger partial charge in [-0.15, -0.1) is 0 Å². The quantitative estimate of drug-likeness (QED) is 0.880. The highest BCUT2D eigenvalue weighted by Gasteiger charge is 2.30. The molecule has 2 aliphatic rings. The Labute approximate surface area is 153 Å². The summed E-state index contributed by atoms with van der Waals surface area (Å²) in [5, 5.41) is 3.02. The zero-order valence-electron chi connectivity index (χ0n) is 15.2. The van der Waals surface area contributed by atoms with E-state index in [9.17, 15) is 4.79 Å². The molecule has 2 aromatic carbocycles. The minimum absolute atomic E-state index is 0.101. The number of benzene rings is 2. The van der Waals surface area contributed by atoms with Crippen LogP contribution in [-0.4, -0.2) is 29.7 Å². The van der Waals surface area contributed by atoms with Crippen LogP contribution in [0.3, 0.4) is 0 Å². The van der Waals surface area contributed by atoms with Crippen LogP contribution < -0.4 is 10.1 Å². The summed E-state index contributed by atoms with van der Waals surface area (Å²) in [5.74, 6) is 2.64. The molecule has 5 heteroatoms. The molecule has 4 rings (SSSR count). The molecule has 26 heavy (non-hydrogen) atoms. The molecule has 5 nitrogen and oxygen atoms in total. The monoisotopic (exact) mass is 349 g/mol. The third-order valence-corrected chi connectivity index (χ3v) is 4.81. The van der Waals surface area contributed by atoms with Crippen LogP contribution in [-0.2, 0) is 4.79 Å². The SMILES string of the molecule is CCN(CC)C1=Nc2ccccc2Oc2ccc(NC(=O)C3CC3)cc21. The van der Waals surface area contributed by atoms with Crippen molar-refractivity contribution in [2.24, 2.45) is 10.9 Å². The first kappa shape index (κ1) is 16.6. The van der Waals surface area contributed by atoms with Crippen LogP contribution in [0.1, 0.15) is 32.3 Å². The van der Waals surface area contributed by atoms with Crippen LogP contribution in [0.25, 0.3) is 0 Å². The molecule has 0 bridgehead atoms. The third kappa shape index (κ3) is 3.17. The van der Waals surface area contributed by atoms with Gasteiger partial charge in [-0.05, 0) is 57.0 Å². The van der Waals surface area contributed by atoms with Gasteiger partial charge in [0.15, 0.2) is 5.75 Å². The molecule has 0 spiro atoms. The second-order valence-corrected chi connectivity index (χ2v) is 6.65. The third-order valence-electron chi connectivity index (χ3n) is 4.81. The molecule has 134 valence electrons. The molecule has 1 amide bonds. The molecular formula is C21H23N3O2. The first-order chi connectivity index (χ1) is 12.7. The summed E-state index contributed by atoms with van der Waals surface area (Å²) in [4.78, 5) is 19.2. The molecular weight excluding hydrogens is 326 g/mol. The van der Waals surface area contributed by atoms with E-state index in [1.165, 1.54) is 0 Å². The zero-order valence-corrected chi connectivity index (χ0v) is 15.2. The van der Waals surface area contributed by atoms with Crippen molar-refractivity contribution in [3.63, 3.8) is 0 Å². The maximum atomic E-state index is 12.1. The van der Waals surface area contributed by atoms with E-state index in [1.807, 2.05) is 42.5 Å². The summed E-state index contributed by atoms with van der Waals surface area (Å²) in [7, 11) is 0. The minimum Gasteiger partial charge on any atom is -0.454 e. The van der Waals surface area contributed by atoms with Gasteiger partial charge < -0.3 is 15.0 Å². The first-order valence-electron chi connectivity index (χ1n) is 9.25. The van der Waals surface area contributed by atoms with Crippen LogP contribution >= 0.6 is 0 Å². The Hall–Kier alpha value is -2.82. The number of hydrogen-bond acceptors (Lipinski definition) is 4. The zero-order chi connectivity index (χ0) is 18.1. The van der Waals surface area contributed by atoms with Crippen LogP contribution in [0.2, 0.25) is 0 Å². The van der Waals surface area contributed by atoms with Gasteiger partial charge in [0.2, 0.25) is 5.91 Å². The van der Waals surface area contributed by atoms with E-state index in [4.69, 9.17) is 9.73 Å². The second kappa shape index (κ2) is 6.83. The standard InChI is InChI=1S/C21H23N3O2/c1-3-24(4-2)20-16-13-15(22-21(25)14-9-10-14)11-12-18(16)26-19-8-6-5-7-17(19)23-20/h5-8,11-14H,3-4,9-10H2,1-2H3,(H,22,25). The number of anilines is 1. The summed E-state index contributed by atoms with van der Waals surface area (Å²) >= 11 is 0. The number of carbonyl (C=O) groups is 1. The number of nitrogens with zero attached hydrogens (tertiary/aromatic N) is 2. The molecule has 0 aromatic heterocycles. The van der Waals surface area contributed by atoms with Gasteiger partial charge >= 0.3 is 0 Å². The van der Waals surface area contributed by atoms with Crippen molar-refractivity contribution in [3.05, 3.63) is 48.0 Å². The van der Waals surface area contributed by atoms with Crippen LogP contribution in [0.15, 0.2) is 47.5 Å². The molecule has 1 fully saturated rings. The summed E-state index contributed by atoms with van der Waals surface area (Å²) < 4.78 is 6.14. The van der Waals surface area contributed by atoms with Gasteiger partial charge in [-0.3, -0.25) is 4.79 Å². The summed E-state index contributed by atoms with van der Waals surface area (Å²) in [5.41, 5.74) is 2.50. The van der Waals surface area contributed by atoms with Crippen molar-refractivity contribution >= 4 is 23.1 Å². The minimum atomic E-state index is 0.101. The average Bonchev–Trinajstić information content (AvgIpc) is 3.50. The second-order valence-electron chi connectivity index (χ2n) is 6.65. The van der Waals surface area contributed by atoms with Gasteiger partial charge in [0.1, 0.15) is 17.3 Å². The maximum absolute atomic E-state index is 12.1. The molecule has 1 aliphatic carbocycles. The largest absolute Gasteiger partial charge is 0.454 e. The number of para-hydroxylation sites is 2. The lowest BCUT2D eigenvalue weighted by Gasteiger charge is -2.23. The van der Waals surface area contributed by atoms with E-state index in [0.29, 0.717) is 0 Å². The molecule has 1 aliphatic heterocycles. The number of amidine groups is 1. The van der Waals surface area contributed by atoms with Gasteiger partial charge in [0, 0.05) is 24.7 Å². The summed E-state index contributed by atoms with van der Waals surface area (Å²) in [6, 6.07) is 13.6. The van der Waals surface area contributed by atoms with Crippen molar-refractivity contribution in [3.8, 4) is 11.5 Å². The molecule has 1 heterocycles. The molecule has 0 atom stereocenters. The lowest BCUT2D eigenvalue weighted by molar-refractivity contribution is -0.117. The number of fused-ring (bicyclic) bond motifs is 2. The lowest BCUT2D eigenvalue weighted by atomic mass is 10.1. The van der Waals surface area contributed by atoms with Crippen LogP contribution in [0.4, 0.5) is 11.4 Å². The number of rotatable bonds is 4. The fraction of sp³-hybridized carbons (Fsp3) is 0.333. The van der Waals surface area contributed by atoms with Gasteiger partial charge in [-0.2, -0.15) is 0 Å². The van der Waals surface area contributed by atoms with E-state index >= 15 is 0 Å². The van der Waals surface area contributed by atoms with Crippen LogP contribution in [0.5, 0.6) is 11.5 Å². The molecule has 0 radical (unpaired) electrons. The summed E-state index contributed by atoms with van der Waals surface area (Å²) in [6.07, 6.45) is 1.97. The van der Waals surface area contributed by atoms with E-state index in [-0.39, 0.29) is 11.8 Å². The molecule has 0 saturated heterocycles. The van der Waals surface area contributed by atoms with Gasteiger partial charge in [0.25, 0.3) is 0 Å². The number of aliphatic imine (C=N–C) groups is 1. The predicted molar refractivity (Wildman–Crippen MR) is 103 cm³/mol. The van der Waals surface area contributed by atoms with Gasteiger partial charge in [-0.25, -0.2) is 4.99 Å². The molecule has 2 aromatic rings. The number of amides is 1. The molecule has 1 saturated carbocycles. The Morgan fingerprint density at radius 1 is 1.15 bits per heavy atom. The smallest absolute Gasteiger partial charge is 0.227 e. The fourth-order valence-electron chi connectivity index (χ4n) is 3.15. The predicted octanol–water partition coefficient (Wildman–Crippen LogP) is 4.56. The van der Waals surface area contributed by atoms with Crippen molar-refractivity contribution in [2.45, 2.75) is 26.7 Å². The highest BCUT2D eigenvalue weighted by molar-refractivity contribution is 6.05. The average molecular weight is 349 g/mol. The van der Waals surface area contributed by atoms with Gasteiger partial charge in [-0.1, -0.05) is 12.1 Å². The fourth-order valence-corrected chi connectivity index (χ4v) is 3.15. The number of hydrogen-bond donors (Lipinski definition) is 1. The van der Waals surface area contributed by atoms with E-state index < -0.39 is 0 Å². The van der Waals surface area contributed by atoms with Crippen molar-refractivity contribution in [1.29, 1.82) is 0 Å². The molecule has 1 N–H and O–H groups in total.